The van der Waals surface area contributed by atoms with Crippen LogP contribution in [0.5, 0.6) is 0 Å². The minimum absolute atomic E-state index is 0.0253. The van der Waals surface area contributed by atoms with Gasteiger partial charge < -0.3 is 10.3 Å². The summed E-state index contributed by atoms with van der Waals surface area (Å²) in [5.74, 6) is 1.43. The van der Waals surface area contributed by atoms with Crippen molar-refractivity contribution in [3.63, 3.8) is 0 Å². The van der Waals surface area contributed by atoms with Crippen LogP contribution in [0.15, 0.2) is 33.3 Å². The molecule has 0 unspecified atom stereocenters. The number of aromatic nitrogens is 2. The maximum Gasteiger partial charge on any atom is 0.234 e. The van der Waals surface area contributed by atoms with Crippen molar-refractivity contribution >= 4 is 15.9 Å². The Bertz CT molecular complexity index is 563. The number of halogens is 1. The summed E-state index contributed by atoms with van der Waals surface area (Å²) in [6.45, 7) is 0.589. The zero-order chi connectivity index (χ0) is 12.6. The van der Waals surface area contributed by atoms with Crippen molar-refractivity contribution < 1.29 is 4.52 Å². The van der Waals surface area contributed by atoms with E-state index in [1.54, 1.807) is 0 Å². The molecule has 4 nitrogen and oxygen atoms in total. The quantitative estimate of drug-likeness (QED) is 0.942. The highest BCUT2D eigenvalue weighted by molar-refractivity contribution is 9.10. The standard InChI is InChI=1S/C13H14BrN3O/c14-10-3-1-2-9(6-10)7-11-16-12(18-17-11)13(8-15)4-5-13/h1-3,6H,4-5,7-8,15H2. The van der Waals surface area contributed by atoms with Gasteiger partial charge in [-0.15, -0.1) is 0 Å². The monoisotopic (exact) mass is 307 g/mol. The van der Waals surface area contributed by atoms with Gasteiger partial charge in [0.25, 0.3) is 0 Å². The van der Waals surface area contributed by atoms with Crippen molar-refractivity contribution in [2.75, 3.05) is 6.54 Å². The van der Waals surface area contributed by atoms with Gasteiger partial charge in [0.1, 0.15) is 0 Å². The molecule has 0 bridgehead atoms. The summed E-state index contributed by atoms with van der Waals surface area (Å²) in [5, 5.41) is 4.04. The number of hydrogen-bond acceptors (Lipinski definition) is 4. The molecular formula is C13H14BrN3O. The number of nitrogens with two attached hydrogens (primary N) is 1. The van der Waals surface area contributed by atoms with Crippen LogP contribution in [0.1, 0.15) is 30.1 Å². The van der Waals surface area contributed by atoms with Crippen molar-refractivity contribution in [1.29, 1.82) is 0 Å². The molecule has 0 radical (unpaired) electrons. The Morgan fingerprint density at radius 1 is 1.39 bits per heavy atom. The first-order valence-corrected chi connectivity index (χ1v) is 6.79. The Kier molecular flexibility index (Phi) is 2.95. The smallest absolute Gasteiger partial charge is 0.234 e. The first kappa shape index (κ1) is 11.9. The Balaban J connectivity index is 1.78. The van der Waals surface area contributed by atoms with Crippen molar-refractivity contribution in [2.24, 2.45) is 5.73 Å². The van der Waals surface area contributed by atoms with E-state index in [4.69, 9.17) is 10.3 Å². The average Bonchev–Trinajstić information content (AvgIpc) is 3.03. The summed E-state index contributed by atoms with van der Waals surface area (Å²) in [6.07, 6.45) is 2.80. The summed E-state index contributed by atoms with van der Waals surface area (Å²) in [7, 11) is 0. The molecule has 0 amide bonds. The fraction of sp³-hybridized carbons (Fsp3) is 0.385. The summed E-state index contributed by atoms with van der Waals surface area (Å²) in [6, 6.07) is 8.11. The molecule has 0 aliphatic heterocycles. The van der Waals surface area contributed by atoms with Gasteiger partial charge in [0, 0.05) is 17.4 Å². The van der Waals surface area contributed by atoms with E-state index < -0.39 is 0 Å². The highest BCUT2D eigenvalue weighted by Gasteiger charge is 2.48. The normalized spacial score (nSPS) is 16.8. The van der Waals surface area contributed by atoms with Gasteiger partial charge in [0.15, 0.2) is 5.82 Å². The predicted molar refractivity (Wildman–Crippen MR) is 71.2 cm³/mol. The lowest BCUT2D eigenvalue weighted by molar-refractivity contribution is 0.344. The Hall–Kier alpha value is -1.20. The van der Waals surface area contributed by atoms with E-state index in [1.165, 1.54) is 0 Å². The van der Waals surface area contributed by atoms with Gasteiger partial charge in [-0.1, -0.05) is 33.2 Å². The number of hydrogen-bond donors (Lipinski definition) is 1. The second kappa shape index (κ2) is 4.48. The molecule has 1 fully saturated rings. The fourth-order valence-electron chi connectivity index (χ4n) is 2.03. The average molecular weight is 308 g/mol. The molecule has 1 aliphatic rings. The van der Waals surface area contributed by atoms with Crippen LogP contribution in [-0.4, -0.2) is 16.7 Å². The second-order valence-corrected chi connectivity index (χ2v) is 5.72. The van der Waals surface area contributed by atoms with Gasteiger partial charge in [0.2, 0.25) is 5.89 Å². The first-order chi connectivity index (χ1) is 8.72. The minimum atomic E-state index is -0.0253. The molecule has 0 saturated heterocycles. The molecule has 5 heteroatoms. The van der Waals surface area contributed by atoms with Crippen LogP contribution in [0.2, 0.25) is 0 Å². The molecule has 3 rings (SSSR count). The molecule has 1 aromatic heterocycles. The van der Waals surface area contributed by atoms with Crippen LogP contribution in [-0.2, 0) is 11.8 Å². The Morgan fingerprint density at radius 3 is 2.89 bits per heavy atom. The van der Waals surface area contributed by atoms with Crippen molar-refractivity contribution in [2.45, 2.75) is 24.7 Å². The molecule has 94 valence electrons. The van der Waals surface area contributed by atoms with E-state index in [0.29, 0.717) is 18.9 Å². The van der Waals surface area contributed by atoms with Crippen molar-refractivity contribution in [3.05, 3.63) is 46.0 Å². The molecule has 1 saturated carbocycles. The largest absolute Gasteiger partial charge is 0.339 e. The minimum Gasteiger partial charge on any atom is -0.339 e. The van der Waals surface area contributed by atoms with Crippen LogP contribution in [0.3, 0.4) is 0 Å². The van der Waals surface area contributed by atoms with E-state index in [9.17, 15) is 0 Å². The van der Waals surface area contributed by atoms with Crippen LogP contribution in [0, 0.1) is 0 Å². The highest BCUT2D eigenvalue weighted by Crippen LogP contribution is 2.46. The number of rotatable bonds is 4. The first-order valence-electron chi connectivity index (χ1n) is 5.99. The van der Waals surface area contributed by atoms with E-state index in [-0.39, 0.29) is 5.41 Å². The number of nitrogens with zero attached hydrogens (tertiary/aromatic N) is 2. The van der Waals surface area contributed by atoms with Gasteiger partial charge in [0.05, 0.1) is 5.41 Å². The van der Waals surface area contributed by atoms with Gasteiger partial charge in [-0.25, -0.2) is 0 Å². The third-order valence-corrected chi connectivity index (χ3v) is 3.91. The Labute approximate surface area is 114 Å². The van der Waals surface area contributed by atoms with Crippen LogP contribution in [0.4, 0.5) is 0 Å². The molecule has 1 heterocycles. The van der Waals surface area contributed by atoms with Gasteiger partial charge in [-0.3, -0.25) is 0 Å². The van der Waals surface area contributed by atoms with Crippen LogP contribution < -0.4 is 5.73 Å². The molecule has 2 aromatic rings. The summed E-state index contributed by atoms with van der Waals surface area (Å²) in [4.78, 5) is 4.47. The maximum atomic E-state index is 5.75. The fourth-order valence-corrected chi connectivity index (χ4v) is 2.47. The molecule has 1 aromatic carbocycles. The highest BCUT2D eigenvalue weighted by atomic mass is 79.9. The lowest BCUT2D eigenvalue weighted by Crippen LogP contribution is -2.20. The zero-order valence-corrected chi connectivity index (χ0v) is 11.5. The van der Waals surface area contributed by atoms with Gasteiger partial charge in [-0.2, -0.15) is 4.98 Å². The molecule has 0 atom stereocenters. The van der Waals surface area contributed by atoms with E-state index in [0.717, 1.165) is 28.7 Å². The van der Waals surface area contributed by atoms with Gasteiger partial charge in [-0.05, 0) is 30.5 Å². The van der Waals surface area contributed by atoms with Gasteiger partial charge >= 0.3 is 0 Å². The molecular weight excluding hydrogens is 294 g/mol. The molecule has 18 heavy (non-hydrogen) atoms. The third kappa shape index (κ3) is 2.20. The summed E-state index contributed by atoms with van der Waals surface area (Å²) < 4.78 is 6.39. The van der Waals surface area contributed by atoms with Crippen LogP contribution >= 0.6 is 15.9 Å². The SMILES string of the molecule is NCC1(c2nc(Cc3cccc(Br)c3)no2)CC1. The van der Waals surface area contributed by atoms with E-state index in [1.807, 2.05) is 12.1 Å². The predicted octanol–water partition coefficient (Wildman–Crippen LogP) is 2.41. The summed E-state index contributed by atoms with van der Waals surface area (Å²) in [5.41, 5.74) is 6.88. The lowest BCUT2D eigenvalue weighted by Gasteiger charge is -2.03. The summed E-state index contributed by atoms with van der Waals surface area (Å²) >= 11 is 3.45. The van der Waals surface area contributed by atoms with E-state index >= 15 is 0 Å². The van der Waals surface area contributed by atoms with E-state index in [2.05, 4.69) is 38.2 Å². The second-order valence-electron chi connectivity index (χ2n) is 4.81. The molecule has 0 spiro atoms. The third-order valence-electron chi connectivity index (χ3n) is 3.42. The molecule has 1 aliphatic carbocycles. The van der Waals surface area contributed by atoms with Crippen molar-refractivity contribution in [3.8, 4) is 0 Å². The lowest BCUT2D eigenvalue weighted by atomic mass is 10.1. The zero-order valence-electron chi connectivity index (χ0n) is 9.90. The van der Waals surface area contributed by atoms with Crippen molar-refractivity contribution in [1.82, 2.24) is 10.1 Å². The maximum absolute atomic E-state index is 5.75. The number of benzene rings is 1. The topological polar surface area (TPSA) is 64.9 Å². The van der Waals surface area contributed by atoms with Crippen LogP contribution in [0.25, 0.3) is 0 Å². The molecule has 2 N–H and O–H groups in total. The Morgan fingerprint density at radius 2 is 2.22 bits per heavy atom.